The summed E-state index contributed by atoms with van der Waals surface area (Å²) in [5, 5.41) is 8.04. The van der Waals surface area contributed by atoms with Gasteiger partial charge in [0.15, 0.2) is 14.0 Å². The number of hydrogen-bond acceptors (Lipinski definition) is 8. The summed E-state index contributed by atoms with van der Waals surface area (Å²) >= 11 is 0. The lowest BCUT2D eigenvalue weighted by Crippen LogP contribution is -2.49. The van der Waals surface area contributed by atoms with Gasteiger partial charge < -0.3 is 29.1 Å². The van der Waals surface area contributed by atoms with E-state index in [9.17, 15) is 14.4 Å². The van der Waals surface area contributed by atoms with Crippen molar-refractivity contribution in [3.63, 3.8) is 0 Å². The summed E-state index contributed by atoms with van der Waals surface area (Å²) in [6.45, 7) is 24.6. The van der Waals surface area contributed by atoms with E-state index in [0.717, 1.165) is 16.8 Å². The summed E-state index contributed by atoms with van der Waals surface area (Å²) in [7, 11) is -0.539. The van der Waals surface area contributed by atoms with Gasteiger partial charge in [-0.3, -0.25) is 9.59 Å². The zero-order valence-electron chi connectivity index (χ0n) is 33.1. The Kier molecular flexibility index (Phi) is 12.1. The van der Waals surface area contributed by atoms with Gasteiger partial charge in [0, 0.05) is 36.5 Å². The van der Waals surface area contributed by atoms with E-state index in [4.69, 9.17) is 18.9 Å². The smallest absolute Gasteiger partial charge is 0.410 e. The zero-order chi connectivity index (χ0) is 38.8. The Labute approximate surface area is 308 Å². The van der Waals surface area contributed by atoms with E-state index in [1.165, 1.54) is 4.90 Å². The minimum absolute atomic E-state index is 0.00348. The summed E-state index contributed by atoms with van der Waals surface area (Å²) < 4.78 is 20.5. The van der Waals surface area contributed by atoms with Crippen molar-refractivity contribution in [3.05, 3.63) is 75.3 Å². The van der Waals surface area contributed by atoms with Crippen LogP contribution in [0.25, 0.3) is 22.3 Å². The molecule has 4 rings (SSSR count). The molecule has 2 amide bonds. The molecule has 0 spiro atoms. The van der Waals surface area contributed by atoms with E-state index in [0.29, 0.717) is 33.6 Å². The summed E-state index contributed by atoms with van der Waals surface area (Å²) in [5.74, 6) is 0.240. The second-order valence-corrected chi connectivity index (χ2v) is 21.1. The number of aromatic nitrogens is 4. The van der Waals surface area contributed by atoms with Crippen LogP contribution >= 0.6 is 0 Å². The molecule has 0 radical (unpaired) electrons. The fourth-order valence-electron chi connectivity index (χ4n) is 5.47. The highest BCUT2D eigenvalue weighted by molar-refractivity contribution is 6.74. The van der Waals surface area contributed by atoms with Crippen LogP contribution in [0.2, 0.25) is 18.1 Å². The molecule has 13 heteroatoms. The lowest BCUT2D eigenvalue weighted by molar-refractivity contribution is 0.0172. The number of aryl methyl sites for hydroxylation is 2. The first-order valence-corrected chi connectivity index (χ1v) is 20.7. The number of fused-ring (bicyclic) bond motifs is 1. The Bertz CT molecular complexity index is 1970. The largest absolute Gasteiger partial charge is 0.491 e. The van der Waals surface area contributed by atoms with Crippen LogP contribution in [0.1, 0.15) is 88.6 Å². The molecule has 0 aliphatic rings. The molecule has 52 heavy (non-hydrogen) atoms. The van der Waals surface area contributed by atoms with Crippen LogP contribution in [-0.4, -0.2) is 76.9 Å². The van der Waals surface area contributed by atoms with E-state index in [1.807, 2.05) is 78.8 Å². The first-order valence-electron chi connectivity index (χ1n) is 17.8. The first-order chi connectivity index (χ1) is 24.1. The third kappa shape index (κ3) is 9.88. The summed E-state index contributed by atoms with van der Waals surface area (Å²) in [4.78, 5) is 48.6. The molecular weight excluding hydrogens is 677 g/mol. The third-order valence-electron chi connectivity index (χ3n) is 9.24. The number of nitrogens with one attached hydrogen (secondary N) is 2. The van der Waals surface area contributed by atoms with Gasteiger partial charge in [0.1, 0.15) is 18.0 Å². The van der Waals surface area contributed by atoms with E-state index in [2.05, 4.69) is 49.3 Å². The maximum absolute atomic E-state index is 13.8. The van der Waals surface area contributed by atoms with Crippen molar-refractivity contribution in [3.8, 4) is 17.0 Å². The average Bonchev–Trinajstić information content (AvgIpc) is 3.46. The zero-order valence-corrected chi connectivity index (χ0v) is 34.1. The Hall–Kier alpha value is -4.49. The van der Waals surface area contributed by atoms with Crippen molar-refractivity contribution in [1.29, 1.82) is 0 Å². The minimum atomic E-state index is -2.24. The predicted octanol–water partition coefficient (Wildman–Crippen LogP) is 7.55. The van der Waals surface area contributed by atoms with E-state index in [-0.39, 0.29) is 42.2 Å². The van der Waals surface area contributed by atoms with E-state index in [1.54, 1.807) is 24.0 Å². The SMILES string of the molecule is Cc1cc(C)c(CNC(=O)c2cc(-c3cccc(OCC(CN(C)C(=O)OC(C)(C)C)O[Si](C)(C)C(C)(C)C)c3)nc3c2cnn3C(C)C)c(=O)[nH]1. The standard InChI is InChI=1S/C39H56N6O6Si/c1-24(2)45-34-32(21-41-45)30(35(46)40-20-31-25(3)17-26(4)42-36(31)47)19-33(43-34)27-15-14-16-28(18-27)49-23-29(51-52(12,13)39(8,9)10)22-44(11)37(48)50-38(5,6)7/h14-19,21,24,29H,20,22-23H2,1-13H3,(H,40,46)(H,42,47). The molecule has 4 aromatic rings. The lowest BCUT2D eigenvalue weighted by Gasteiger charge is -2.40. The van der Waals surface area contributed by atoms with Gasteiger partial charge in [0.05, 0.1) is 35.5 Å². The number of aromatic amines is 1. The average molecular weight is 733 g/mol. The first kappa shape index (κ1) is 40.3. The van der Waals surface area contributed by atoms with Crippen LogP contribution in [0.3, 0.4) is 0 Å². The molecule has 2 N–H and O–H groups in total. The number of ether oxygens (including phenoxy) is 2. The van der Waals surface area contributed by atoms with Crippen molar-refractivity contribution >= 4 is 31.4 Å². The maximum Gasteiger partial charge on any atom is 0.410 e. The van der Waals surface area contributed by atoms with Crippen molar-refractivity contribution < 1.29 is 23.5 Å². The number of carbonyl (C=O) groups is 2. The number of hydrogen-bond donors (Lipinski definition) is 2. The number of nitrogens with zero attached hydrogens (tertiary/aromatic N) is 4. The minimum Gasteiger partial charge on any atom is -0.491 e. The highest BCUT2D eigenvalue weighted by Crippen LogP contribution is 2.37. The Morgan fingerprint density at radius 1 is 1.06 bits per heavy atom. The second-order valence-electron chi connectivity index (χ2n) is 16.3. The number of H-pyrrole nitrogens is 1. The van der Waals surface area contributed by atoms with Crippen LogP contribution in [0.5, 0.6) is 5.75 Å². The topological polar surface area (TPSA) is 141 Å². The highest BCUT2D eigenvalue weighted by atomic mass is 28.4. The van der Waals surface area contributed by atoms with Crippen molar-refractivity contribution in [2.24, 2.45) is 0 Å². The molecule has 1 aromatic carbocycles. The molecule has 0 saturated heterocycles. The van der Waals surface area contributed by atoms with Gasteiger partial charge in [-0.05, 0) is 96.4 Å². The van der Waals surface area contributed by atoms with Crippen molar-refractivity contribution in [2.75, 3.05) is 20.2 Å². The highest BCUT2D eigenvalue weighted by Gasteiger charge is 2.40. The van der Waals surface area contributed by atoms with Gasteiger partial charge in [-0.1, -0.05) is 32.9 Å². The number of carbonyl (C=O) groups excluding carboxylic acids is 2. The van der Waals surface area contributed by atoms with Crippen molar-refractivity contribution in [1.82, 2.24) is 30.0 Å². The van der Waals surface area contributed by atoms with Crippen LogP contribution in [0.4, 0.5) is 4.79 Å². The Balaban J connectivity index is 1.64. The molecule has 0 saturated carbocycles. The molecule has 1 unspecified atom stereocenters. The number of benzene rings is 1. The predicted molar refractivity (Wildman–Crippen MR) is 207 cm³/mol. The van der Waals surface area contributed by atoms with Gasteiger partial charge in [0.2, 0.25) is 0 Å². The molecule has 0 fully saturated rings. The maximum atomic E-state index is 13.8. The van der Waals surface area contributed by atoms with Crippen LogP contribution in [-0.2, 0) is 15.7 Å². The van der Waals surface area contributed by atoms with Crippen LogP contribution in [0, 0.1) is 13.8 Å². The van der Waals surface area contributed by atoms with Gasteiger partial charge in [-0.15, -0.1) is 0 Å². The summed E-state index contributed by atoms with van der Waals surface area (Å²) in [6.07, 6.45) is 0.805. The van der Waals surface area contributed by atoms with Gasteiger partial charge in [-0.25, -0.2) is 14.5 Å². The third-order valence-corrected chi connectivity index (χ3v) is 13.8. The second kappa shape index (κ2) is 15.6. The number of rotatable bonds is 12. The number of likely N-dealkylation sites (N-methyl/N-ethyl adjacent to an activating group) is 1. The van der Waals surface area contributed by atoms with Crippen molar-refractivity contribution in [2.45, 2.75) is 112 Å². The van der Waals surface area contributed by atoms with Gasteiger partial charge in [-0.2, -0.15) is 5.10 Å². The molecule has 3 heterocycles. The molecule has 282 valence electrons. The Morgan fingerprint density at radius 3 is 2.37 bits per heavy atom. The summed E-state index contributed by atoms with van der Waals surface area (Å²) in [5.41, 5.74) is 3.49. The number of amides is 2. The molecule has 3 aromatic heterocycles. The fourth-order valence-corrected chi connectivity index (χ4v) is 6.80. The van der Waals surface area contributed by atoms with Gasteiger partial charge >= 0.3 is 6.09 Å². The van der Waals surface area contributed by atoms with E-state index >= 15 is 0 Å². The van der Waals surface area contributed by atoms with E-state index < -0.39 is 26.1 Å². The number of pyridine rings is 2. The summed E-state index contributed by atoms with van der Waals surface area (Å²) in [6, 6.07) is 11.1. The molecule has 0 aliphatic carbocycles. The molecular formula is C39H56N6O6Si. The van der Waals surface area contributed by atoms with Crippen LogP contribution in [0.15, 0.2) is 47.4 Å². The fraction of sp³-hybridized carbons (Fsp3) is 0.513. The molecule has 12 nitrogen and oxygen atoms in total. The molecule has 0 bridgehead atoms. The molecule has 0 aliphatic heterocycles. The molecule has 1 atom stereocenters. The normalized spacial score (nSPS) is 13.0. The monoisotopic (exact) mass is 732 g/mol. The lowest BCUT2D eigenvalue weighted by atomic mass is 10.1. The van der Waals surface area contributed by atoms with Crippen LogP contribution < -0.4 is 15.6 Å². The van der Waals surface area contributed by atoms with Gasteiger partial charge in [0.25, 0.3) is 11.5 Å². The Morgan fingerprint density at radius 2 is 1.75 bits per heavy atom. The quantitative estimate of drug-likeness (QED) is 0.142.